The number of aliphatic imine (C=N–C) groups is 1. The van der Waals surface area contributed by atoms with E-state index in [1.165, 1.54) is 4.88 Å². The van der Waals surface area contributed by atoms with Gasteiger partial charge in [-0.2, -0.15) is 0 Å². The van der Waals surface area contributed by atoms with Gasteiger partial charge in [0.1, 0.15) is 12.2 Å². The molecule has 0 saturated carbocycles. The molecular weight excluding hydrogens is 515 g/mol. The molecule has 2 rings (SSSR count). The molecule has 0 amide bonds. The molecule has 0 radical (unpaired) electrons. The van der Waals surface area contributed by atoms with Gasteiger partial charge >= 0.3 is 0 Å². The van der Waals surface area contributed by atoms with E-state index in [9.17, 15) is 0 Å². The second-order valence-electron chi connectivity index (χ2n) is 5.23. The number of thiophene rings is 1. The van der Waals surface area contributed by atoms with Crippen molar-refractivity contribution >= 4 is 57.2 Å². The fourth-order valence-corrected chi connectivity index (χ4v) is 3.76. The Hall–Kier alpha value is -0.940. The van der Waals surface area contributed by atoms with Crippen LogP contribution in [0.1, 0.15) is 17.6 Å². The van der Waals surface area contributed by atoms with Gasteiger partial charge in [0.15, 0.2) is 5.96 Å². The monoisotopic (exact) mass is 538 g/mol. The molecule has 0 saturated heterocycles. The smallest absolute Gasteiger partial charge is 0.194 e. The third kappa shape index (κ3) is 7.06. The van der Waals surface area contributed by atoms with Crippen molar-refractivity contribution < 1.29 is 0 Å². The normalized spacial score (nSPS) is 11.1. The fraction of sp³-hybridized carbons (Fsp3) is 0.438. The Morgan fingerprint density at radius 2 is 2.32 bits per heavy atom. The zero-order valence-electron chi connectivity index (χ0n) is 14.5. The molecule has 2 aromatic rings. The van der Waals surface area contributed by atoms with Crippen molar-refractivity contribution in [3.05, 3.63) is 45.6 Å². The standard InChI is InChI=1S/C16H23BrN6S.HI/c1-4-8-18-16(22(3)11-13-6-7-14(17)24-13)19-9-10-23-12-20-21-15(23)5-2;/h4,6-7,12H,1,5,8-11H2,2-3H3,(H,18,19);1H. The lowest BCUT2D eigenvalue weighted by molar-refractivity contribution is 0.481. The average Bonchev–Trinajstić information content (AvgIpc) is 3.19. The third-order valence-electron chi connectivity index (χ3n) is 3.40. The first-order valence-corrected chi connectivity index (χ1v) is 9.46. The average molecular weight is 539 g/mol. The van der Waals surface area contributed by atoms with Crippen molar-refractivity contribution in [1.82, 2.24) is 25.0 Å². The molecule has 0 aliphatic carbocycles. The maximum Gasteiger partial charge on any atom is 0.194 e. The topological polar surface area (TPSA) is 58.3 Å². The summed E-state index contributed by atoms with van der Waals surface area (Å²) < 4.78 is 3.19. The van der Waals surface area contributed by atoms with Crippen LogP contribution in [0.2, 0.25) is 0 Å². The van der Waals surface area contributed by atoms with Gasteiger partial charge in [-0.3, -0.25) is 4.99 Å². The Morgan fingerprint density at radius 1 is 1.52 bits per heavy atom. The molecule has 138 valence electrons. The Morgan fingerprint density at radius 3 is 2.96 bits per heavy atom. The fourth-order valence-electron chi connectivity index (χ4n) is 2.22. The van der Waals surface area contributed by atoms with Crippen LogP contribution in [0.4, 0.5) is 0 Å². The second-order valence-corrected chi connectivity index (χ2v) is 7.78. The van der Waals surface area contributed by atoms with Crippen LogP contribution < -0.4 is 5.32 Å². The predicted octanol–water partition coefficient (Wildman–Crippen LogP) is 3.55. The Bertz CT molecular complexity index is 684. The van der Waals surface area contributed by atoms with E-state index in [-0.39, 0.29) is 24.0 Å². The van der Waals surface area contributed by atoms with Crippen molar-refractivity contribution in [2.75, 3.05) is 20.1 Å². The predicted molar refractivity (Wildman–Crippen MR) is 119 cm³/mol. The van der Waals surface area contributed by atoms with Gasteiger partial charge in [0.05, 0.1) is 16.9 Å². The molecule has 0 fully saturated rings. The van der Waals surface area contributed by atoms with Crippen LogP contribution in [0.15, 0.2) is 39.9 Å². The molecule has 2 aromatic heterocycles. The van der Waals surface area contributed by atoms with Crippen molar-refractivity contribution in [2.24, 2.45) is 4.99 Å². The molecule has 0 spiro atoms. The summed E-state index contributed by atoms with van der Waals surface area (Å²) >= 11 is 5.24. The number of nitrogens with one attached hydrogen (secondary N) is 1. The summed E-state index contributed by atoms with van der Waals surface area (Å²) in [5, 5.41) is 11.4. The maximum atomic E-state index is 4.71. The highest BCUT2D eigenvalue weighted by atomic mass is 127. The summed E-state index contributed by atoms with van der Waals surface area (Å²) in [7, 11) is 2.04. The van der Waals surface area contributed by atoms with Crippen molar-refractivity contribution in [3.8, 4) is 0 Å². The number of nitrogens with zero attached hydrogens (tertiary/aromatic N) is 5. The minimum atomic E-state index is 0. The van der Waals surface area contributed by atoms with E-state index in [0.717, 1.165) is 35.1 Å². The van der Waals surface area contributed by atoms with E-state index in [0.29, 0.717) is 13.1 Å². The molecule has 6 nitrogen and oxygen atoms in total. The van der Waals surface area contributed by atoms with Crippen molar-refractivity contribution in [3.63, 3.8) is 0 Å². The van der Waals surface area contributed by atoms with Crippen LogP contribution in [0.25, 0.3) is 0 Å². The molecule has 0 unspecified atom stereocenters. The first-order valence-electron chi connectivity index (χ1n) is 7.85. The molecule has 1 N–H and O–H groups in total. The number of hydrogen-bond acceptors (Lipinski definition) is 4. The van der Waals surface area contributed by atoms with Gasteiger partial charge < -0.3 is 14.8 Å². The lowest BCUT2D eigenvalue weighted by atomic mass is 10.4. The zero-order valence-corrected chi connectivity index (χ0v) is 19.2. The van der Waals surface area contributed by atoms with E-state index in [1.807, 2.05) is 17.7 Å². The van der Waals surface area contributed by atoms with Crippen LogP contribution in [0.5, 0.6) is 0 Å². The first kappa shape index (κ1) is 22.1. The molecule has 0 aromatic carbocycles. The van der Waals surface area contributed by atoms with Gasteiger partial charge in [-0.15, -0.1) is 52.1 Å². The molecule has 0 aliphatic rings. The van der Waals surface area contributed by atoms with Crippen LogP contribution >= 0.6 is 51.2 Å². The first-order chi connectivity index (χ1) is 11.6. The Balaban J connectivity index is 0.00000312. The molecule has 0 aliphatic heterocycles. The van der Waals surface area contributed by atoms with Crippen molar-refractivity contribution in [2.45, 2.75) is 26.4 Å². The maximum absolute atomic E-state index is 4.71. The molecule has 0 atom stereocenters. The van der Waals surface area contributed by atoms with Crippen molar-refractivity contribution in [1.29, 1.82) is 0 Å². The number of rotatable bonds is 8. The van der Waals surface area contributed by atoms with Crippen LogP contribution in [-0.4, -0.2) is 45.8 Å². The summed E-state index contributed by atoms with van der Waals surface area (Å²) in [4.78, 5) is 8.12. The molecule has 2 heterocycles. The van der Waals surface area contributed by atoms with E-state index in [4.69, 9.17) is 4.99 Å². The lowest BCUT2D eigenvalue weighted by Gasteiger charge is -2.21. The Kier molecular flexibility index (Phi) is 10.3. The second kappa shape index (κ2) is 11.6. The molecule has 0 bridgehead atoms. The minimum absolute atomic E-state index is 0. The van der Waals surface area contributed by atoms with Crippen LogP contribution in [-0.2, 0) is 19.5 Å². The summed E-state index contributed by atoms with van der Waals surface area (Å²) in [6.45, 7) is 8.78. The van der Waals surface area contributed by atoms with Gasteiger partial charge in [0.25, 0.3) is 0 Å². The molecule has 25 heavy (non-hydrogen) atoms. The zero-order chi connectivity index (χ0) is 17.4. The number of hydrogen-bond donors (Lipinski definition) is 1. The largest absolute Gasteiger partial charge is 0.353 e. The summed E-state index contributed by atoms with van der Waals surface area (Å²) in [5.41, 5.74) is 0. The number of aryl methyl sites for hydroxylation is 1. The highest BCUT2D eigenvalue weighted by Crippen LogP contribution is 2.22. The van der Waals surface area contributed by atoms with E-state index in [1.54, 1.807) is 17.7 Å². The molecule has 9 heteroatoms. The number of guanidine groups is 1. The van der Waals surface area contributed by atoms with E-state index >= 15 is 0 Å². The highest BCUT2D eigenvalue weighted by molar-refractivity contribution is 14.0. The van der Waals surface area contributed by atoms with Gasteiger partial charge in [-0.1, -0.05) is 13.0 Å². The van der Waals surface area contributed by atoms with Gasteiger partial charge in [0, 0.05) is 31.4 Å². The van der Waals surface area contributed by atoms with Crippen LogP contribution in [0.3, 0.4) is 0 Å². The SMILES string of the molecule is C=CCNC(=NCCn1cnnc1CC)N(C)Cc1ccc(Br)s1.I. The lowest BCUT2D eigenvalue weighted by Crippen LogP contribution is -2.38. The van der Waals surface area contributed by atoms with Gasteiger partial charge in [-0.05, 0) is 28.1 Å². The summed E-state index contributed by atoms with van der Waals surface area (Å²) in [6.07, 6.45) is 4.47. The number of halogens is 2. The van der Waals surface area contributed by atoms with Gasteiger partial charge in [-0.25, -0.2) is 0 Å². The highest BCUT2D eigenvalue weighted by Gasteiger charge is 2.08. The summed E-state index contributed by atoms with van der Waals surface area (Å²) in [5.74, 6) is 1.85. The summed E-state index contributed by atoms with van der Waals surface area (Å²) in [6, 6.07) is 4.20. The molecular formula is C16H24BrIN6S. The van der Waals surface area contributed by atoms with Crippen LogP contribution in [0, 0.1) is 0 Å². The van der Waals surface area contributed by atoms with E-state index < -0.39 is 0 Å². The quantitative estimate of drug-likeness (QED) is 0.242. The van der Waals surface area contributed by atoms with Gasteiger partial charge in [0.2, 0.25) is 0 Å². The Labute approximate surface area is 178 Å². The van der Waals surface area contributed by atoms with E-state index in [2.05, 4.69) is 62.0 Å². The number of aromatic nitrogens is 3. The third-order valence-corrected chi connectivity index (χ3v) is 5.01. The minimum Gasteiger partial charge on any atom is -0.353 e.